The van der Waals surface area contributed by atoms with Crippen LogP contribution in [0.25, 0.3) is 0 Å². The van der Waals surface area contributed by atoms with Crippen LogP contribution in [0.1, 0.15) is 83.1 Å². The van der Waals surface area contributed by atoms with E-state index < -0.39 is 0 Å². The largest absolute Gasteiger partial charge is 0.468 e. The number of hydrogen-bond donors (Lipinski definition) is 2. The van der Waals surface area contributed by atoms with Crippen molar-refractivity contribution in [1.29, 1.82) is 0 Å². The first-order valence-corrected chi connectivity index (χ1v) is 14.4. The highest BCUT2D eigenvalue weighted by Gasteiger charge is 2.17. The maximum atomic E-state index is 12.1. The lowest BCUT2D eigenvalue weighted by atomic mass is 10.1. The van der Waals surface area contributed by atoms with Crippen LogP contribution < -0.4 is 10.6 Å². The Morgan fingerprint density at radius 1 is 0.868 bits per heavy atom. The highest BCUT2D eigenvalue weighted by molar-refractivity contribution is 5.75. The first-order valence-electron chi connectivity index (χ1n) is 14.4. The molecule has 0 aliphatic rings. The lowest BCUT2D eigenvalue weighted by molar-refractivity contribution is -0.143. The summed E-state index contributed by atoms with van der Waals surface area (Å²) in [6.07, 6.45) is 37.1. The van der Waals surface area contributed by atoms with Crippen LogP contribution in [-0.4, -0.2) is 37.2 Å². The van der Waals surface area contributed by atoms with Gasteiger partial charge in [-0.25, -0.2) is 0 Å². The fourth-order valence-electron chi connectivity index (χ4n) is 3.81. The van der Waals surface area contributed by atoms with Crippen molar-refractivity contribution in [1.82, 2.24) is 15.6 Å². The van der Waals surface area contributed by atoms with Gasteiger partial charge in [0.25, 0.3) is 0 Å². The van der Waals surface area contributed by atoms with Crippen molar-refractivity contribution in [3.63, 3.8) is 0 Å². The van der Waals surface area contributed by atoms with Gasteiger partial charge < -0.3 is 15.4 Å². The Bertz CT molecular complexity index is 828. The summed E-state index contributed by atoms with van der Waals surface area (Å²) in [5, 5.41) is 6.82. The van der Waals surface area contributed by atoms with Gasteiger partial charge in [-0.1, -0.05) is 80.2 Å². The summed E-state index contributed by atoms with van der Waals surface area (Å²) in [4.78, 5) is 16.2. The molecule has 0 aromatic carbocycles. The van der Waals surface area contributed by atoms with Gasteiger partial charge in [-0.3, -0.25) is 9.78 Å². The molecule has 0 fully saturated rings. The second kappa shape index (κ2) is 25.9. The van der Waals surface area contributed by atoms with Crippen molar-refractivity contribution in [2.45, 2.75) is 90.1 Å². The molecule has 1 rings (SSSR count). The van der Waals surface area contributed by atoms with Gasteiger partial charge in [0.2, 0.25) is 0 Å². The molecule has 0 saturated heterocycles. The van der Waals surface area contributed by atoms with Gasteiger partial charge in [-0.15, -0.1) is 0 Å². The molecule has 1 aromatic rings. The second-order valence-corrected chi connectivity index (χ2v) is 9.27. The molecule has 1 heterocycles. The van der Waals surface area contributed by atoms with Crippen molar-refractivity contribution in [2.75, 3.05) is 20.2 Å². The van der Waals surface area contributed by atoms with E-state index in [-0.39, 0.29) is 12.0 Å². The van der Waals surface area contributed by atoms with Gasteiger partial charge in [0.1, 0.15) is 6.04 Å². The van der Waals surface area contributed by atoms with Crippen molar-refractivity contribution >= 4 is 5.97 Å². The first-order chi connectivity index (χ1) is 18.8. The summed E-state index contributed by atoms with van der Waals surface area (Å²) in [5.74, 6) is -0.161. The molecule has 210 valence electrons. The fourth-order valence-corrected chi connectivity index (χ4v) is 3.81. The normalized spacial score (nSPS) is 13.1. The van der Waals surface area contributed by atoms with E-state index >= 15 is 0 Å². The second-order valence-electron chi connectivity index (χ2n) is 9.27. The van der Waals surface area contributed by atoms with Crippen LogP contribution in [0.3, 0.4) is 0 Å². The van der Waals surface area contributed by atoms with Gasteiger partial charge in [0.05, 0.1) is 7.11 Å². The molecule has 0 amide bonds. The molecular weight excluding hydrogens is 470 g/mol. The minimum absolute atomic E-state index is 0.161. The van der Waals surface area contributed by atoms with Crippen LogP contribution in [0.15, 0.2) is 85.3 Å². The van der Waals surface area contributed by atoms with Crippen molar-refractivity contribution < 1.29 is 9.53 Å². The Morgan fingerprint density at radius 3 is 2.11 bits per heavy atom. The highest BCUT2D eigenvalue weighted by Crippen LogP contribution is 2.05. The Labute approximate surface area is 232 Å². The Kier molecular flexibility index (Phi) is 22.6. The maximum absolute atomic E-state index is 12.1. The van der Waals surface area contributed by atoms with Crippen LogP contribution in [0.5, 0.6) is 0 Å². The molecule has 0 spiro atoms. The standard InChI is InChI=1S/C33H51N3O2/c1-3-4-5-6-7-8-9-10-11-12-13-14-15-16-17-18-19-21-28-36-32(33(37)38-2)25-20-22-26-34-29-31-24-23-27-35-30-31/h4-5,7-8,10-11,13-14,16-17,23-24,27,30,32,34,36H,3,6,9,12,15,18-22,25-26,28-29H2,1-2H3/b5-4-,8-7?,11-10?,14-13-,17-16-/t32-/m0/s1. The van der Waals surface area contributed by atoms with Crippen molar-refractivity contribution in [3.8, 4) is 0 Å². The Morgan fingerprint density at radius 2 is 1.50 bits per heavy atom. The number of ether oxygens (including phenoxy) is 1. The number of rotatable bonds is 23. The molecule has 2 N–H and O–H groups in total. The molecule has 0 radical (unpaired) electrons. The third-order valence-electron chi connectivity index (χ3n) is 5.98. The van der Waals surface area contributed by atoms with Crippen LogP contribution >= 0.6 is 0 Å². The number of unbranched alkanes of at least 4 members (excludes halogenated alkanes) is 3. The molecule has 0 aliphatic carbocycles. The quantitative estimate of drug-likeness (QED) is 0.0893. The number of hydrogen-bond acceptors (Lipinski definition) is 5. The third kappa shape index (κ3) is 20.3. The molecule has 5 heteroatoms. The van der Waals surface area contributed by atoms with E-state index in [2.05, 4.69) is 89.4 Å². The van der Waals surface area contributed by atoms with Crippen LogP contribution in [0.2, 0.25) is 0 Å². The molecule has 0 unspecified atom stereocenters. The zero-order valence-electron chi connectivity index (χ0n) is 23.8. The Hall–Kier alpha value is -2.76. The van der Waals surface area contributed by atoms with Gasteiger partial charge >= 0.3 is 5.97 Å². The van der Waals surface area contributed by atoms with E-state index in [1.807, 2.05) is 12.3 Å². The van der Waals surface area contributed by atoms with E-state index in [0.717, 1.165) is 90.3 Å². The molecule has 1 atom stereocenters. The summed E-state index contributed by atoms with van der Waals surface area (Å²) in [6.45, 7) is 4.75. The van der Waals surface area contributed by atoms with Crippen molar-refractivity contribution in [2.24, 2.45) is 0 Å². The average molecular weight is 522 g/mol. The van der Waals surface area contributed by atoms with Gasteiger partial charge in [0, 0.05) is 18.9 Å². The SMILES string of the molecule is CC/C=C\CC=CCC=CC/C=C\C/C=C\CCCCN[C@@H](CCCCNCc1cccnc1)C(=O)OC. The lowest BCUT2D eigenvalue weighted by Crippen LogP contribution is -2.38. The van der Waals surface area contributed by atoms with Gasteiger partial charge in [-0.2, -0.15) is 0 Å². The monoisotopic (exact) mass is 521 g/mol. The van der Waals surface area contributed by atoms with E-state index in [1.165, 1.54) is 12.7 Å². The average Bonchev–Trinajstić information content (AvgIpc) is 2.95. The van der Waals surface area contributed by atoms with Crippen LogP contribution in [-0.2, 0) is 16.1 Å². The number of aromatic nitrogens is 1. The predicted molar refractivity (Wildman–Crippen MR) is 162 cm³/mol. The molecule has 5 nitrogen and oxygen atoms in total. The van der Waals surface area contributed by atoms with E-state index in [9.17, 15) is 4.79 Å². The van der Waals surface area contributed by atoms with Crippen molar-refractivity contribution in [3.05, 3.63) is 90.9 Å². The number of allylic oxidation sites excluding steroid dienone is 10. The molecule has 0 saturated carbocycles. The topological polar surface area (TPSA) is 63.2 Å². The summed E-state index contributed by atoms with van der Waals surface area (Å²) >= 11 is 0. The third-order valence-corrected chi connectivity index (χ3v) is 5.98. The summed E-state index contributed by atoms with van der Waals surface area (Å²) in [7, 11) is 1.47. The summed E-state index contributed by atoms with van der Waals surface area (Å²) < 4.78 is 4.99. The number of pyridine rings is 1. The Balaban J connectivity index is 2.02. The number of carbonyl (C=O) groups is 1. The number of nitrogens with one attached hydrogen (secondary N) is 2. The summed E-state index contributed by atoms with van der Waals surface area (Å²) in [5.41, 5.74) is 1.19. The number of carbonyl (C=O) groups excluding carboxylic acids is 1. The van der Waals surface area contributed by atoms with E-state index in [0.29, 0.717) is 0 Å². The highest BCUT2D eigenvalue weighted by atomic mass is 16.5. The van der Waals surface area contributed by atoms with Gasteiger partial charge in [0.15, 0.2) is 0 Å². The number of esters is 1. The van der Waals surface area contributed by atoms with E-state index in [4.69, 9.17) is 4.74 Å². The maximum Gasteiger partial charge on any atom is 0.322 e. The molecule has 0 bridgehead atoms. The predicted octanol–water partition coefficient (Wildman–Crippen LogP) is 7.39. The molecule has 1 aromatic heterocycles. The first kappa shape index (κ1) is 33.3. The minimum atomic E-state index is -0.216. The zero-order valence-corrected chi connectivity index (χ0v) is 23.8. The smallest absolute Gasteiger partial charge is 0.322 e. The minimum Gasteiger partial charge on any atom is -0.468 e. The van der Waals surface area contributed by atoms with Crippen LogP contribution in [0.4, 0.5) is 0 Å². The fraction of sp³-hybridized carbons (Fsp3) is 0.515. The summed E-state index contributed by atoms with van der Waals surface area (Å²) in [6, 6.07) is 3.80. The number of nitrogens with zero attached hydrogens (tertiary/aromatic N) is 1. The molecule has 38 heavy (non-hydrogen) atoms. The molecular formula is C33H51N3O2. The zero-order chi connectivity index (χ0) is 27.4. The van der Waals surface area contributed by atoms with Crippen LogP contribution in [0, 0.1) is 0 Å². The van der Waals surface area contributed by atoms with E-state index in [1.54, 1.807) is 6.20 Å². The van der Waals surface area contributed by atoms with Gasteiger partial charge in [-0.05, 0) is 88.9 Å². The lowest BCUT2D eigenvalue weighted by Gasteiger charge is -2.16. The number of methoxy groups -OCH3 is 1. The molecule has 0 aliphatic heterocycles.